The van der Waals surface area contributed by atoms with Crippen LogP contribution in [0.25, 0.3) is 0 Å². The fraction of sp³-hybridized carbons (Fsp3) is 0.357. The fourth-order valence-corrected chi connectivity index (χ4v) is 1.45. The third kappa shape index (κ3) is 5.17. The molecule has 1 aromatic rings. The van der Waals surface area contributed by atoms with Crippen molar-refractivity contribution >= 4 is 17.7 Å². The summed E-state index contributed by atoms with van der Waals surface area (Å²) in [5.41, 5.74) is 0.373. The first kappa shape index (κ1) is 15.8. The van der Waals surface area contributed by atoms with Crippen molar-refractivity contribution in [1.29, 1.82) is 0 Å². The first-order valence-corrected chi connectivity index (χ1v) is 6.20. The van der Waals surface area contributed by atoms with Gasteiger partial charge in [0.1, 0.15) is 6.42 Å². The number of carbonyl (C=O) groups excluding carboxylic acids is 3. The van der Waals surface area contributed by atoms with E-state index in [1.165, 1.54) is 0 Å². The summed E-state index contributed by atoms with van der Waals surface area (Å²) in [5, 5.41) is 2.30. The summed E-state index contributed by atoms with van der Waals surface area (Å²) in [6.45, 7) is 1.26. The van der Waals surface area contributed by atoms with Gasteiger partial charge >= 0.3 is 5.97 Å². The van der Waals surface area contributed by atoms with Crippen LogP contribution in [0.5, 0.6) is 0 Å². The lowest BCUT2D eigenvalue weighted by atomic mass is 10.1. The molecule has 6 heteroatoms. The van der Waals surface area contributed by atoms with Gasteiger partial charge in [0.05, 0.1) is 13.2 Å². The van der Waals surface area contributed by atoms with E-state index in [9.17, 15) is 18.8 Å². The molecule has 0 bridgehead atoms. The minimum Gasteiger partial charge on any atom is -0.466 e. The Balaban J connectivity index is 2.39. The molecule has 0 radical (unpaired) electrons. The number of alkyl halides is 1. The van der Waals surface area contributed by atoms with Gasteiger partial charge in [-0.3, -0.25) is 14.4 Å². The van der Waals surface area contributed by atoms with Gasteiger partial charge in [-0.25, -0.2) is 4.39 Å². The van der Waals surface area contributed by atoms with E-state index in [0.717, 1.165) is 0 Å². The molecule has 0 heterocycles. The highest BCUT2D eigenvalue weighted by molar-refractivity contribution is 5.99. The molecular formula is C14H16FNO4. The van der Waals surface area contributed by atoms with Crippen LogP contribution in [0.15, 0.2) is 30.3 Å². The smallest absolute Gasteiger partial charge is 0.313 e. The van der Waals surface area contributed by atoms with Gasteiger partial charge in [0.15, 0.2) is 12.0 Å². The maximum atomic E-state index is 13.5. The van der Waals surface area contributed by atoms with Crippen LogP contribution >= 0.6 is 0 Å². The Bertz CT molecular complexity index is 475. The second-order valence-electron chi connectivity index (χ2n) is 3.99. The SMILES string of the molecule is CCOC(=O)CC(=O)C(F)CNC(=O)c1ccccc1. The summed E-state index contributed by atoms with van der Waals surface area (Å²) in [7, 11) is 0. The fourth-order valence-electron chi connectivity index (χ4n) is 1.45. The van der Waals surface area contributed by atoms with Gasteiger partial charge in [-0.15, -0.1) is 0 Å². The first-order valence-electron chi connectivity index (χ1n) is 6.20. The molecule has 1 amide bonds. The summed E-state index contributed by atoms with van der Waals surface area (Å²) in [4.78, 5) is 34.0. The Kier molecular flexibility index (Phi) is 6.36. The number of Topliss-reactive ketones (excluding diaryl/α,β-unsaturated/α-hetero) is 1. The highest BCUT2D eigenvalue weighted by atomic mass is 19.1. The van der Waals surface area contributed by atoms with Gasteiger partial charge in [-0.05, 0) is 19.1 Å². The number of carbonyl (C=O) groups is 3. The molecule has 0 spiro atoms. The van der Waals surface area contributed by atoms with E-state index < -0.39 is 36.8 Å². The van der Waals surface area contributed by atoms with Crippen LogP contribution in [-0.2, 0) is 14.3 Å². The normalized spacial score (nSPS) is 11.5. The van der Waals surface area contributed by atoms with Gasteiger partial charge in [0, 0.05) is 5.56 Å². The summed E-state index contributed by atoms with van der Waals surface area (Å²) in [6, 6.07) is 8.24. The zero-order valence-corrected chi connectivity index (χ0v) is 11.1. The maximum Gasteiger partial charge on any atom is 0.313 e. The van der Waals surface area contributed by atoms with E-state index in [-0.39, 0.29) is 6.61 Å². The molecule has 1 aromatic carbocycles. The van der Waals surface area contributed by atoms with E-state index in [1.807, 2.05) is 0 Å². The van der Waals surface area contributed by atoms with Crippen LogP contribution in [0.3, 0.4) is 0 Å². The number of halogens is 1. The average Bonchev–Trinajstić information content (AvgIpc) is 2.45. The molecule has 20 heavy (non-hydrogen) atoms. The number of ether oxygens (including phenoxy) is 1. The van der Waals surface area contributed by atoms with Crippen LogP contribution in [0.2, 0.25) is 0 Å². The highest BCUT2D eigenvalue weighted by Crippen LogP contribution is 2.01. The van der Waals surface area contributed by atoms with E-state index >= 15 is 0 Å². The van der Waals surface area contributed by atoms with Crippen LogP contribution in [0, 0.1) is 0 Å². The van der Waals surface area contributed by atoms with Crippen molar-refractivity contribution in [2.45, 2.75) is 19.5 Å². The van der Waals surface area contributed by atoms with Crippen LogP contribution in [0.4, 0.5) is 4.39 Å². The standard InChI is InChI=1S/C14H16FNO4/c1-2-20-13(18)8-12(17)11(15)9-16-14(19)10-6-4-3-5-7-10/h3-7,11H,2,8-9H2,1H3,(H,16,19). The number of esters is 1. The summed E-state index contributed by atoms with van der Waals surface area (Å²) >= 11 is 0. The van der Waals surface area contributed by atoms with Crippen LogP contribution in [-0.4, -0.2) is 37.0 Å². The predicted octanol–water partition coefficient (Wildman–Crippen LogP) is 1.28. The highest BCUT2D eigenvalue weighted by Gasteiger charge is 2.21. The third-order valence-electron chi connectivity index (χ3n) is 2.45. The third-order valence-corrected chi connectivity index (χ3v) is 2.45. The molecule has 1 unspecified atom stereocenters. The molecule has 5 nitrogen and oxygen atoms in total. The quantitative estimate of drug-likeness (QED) is 0.603. The number of hydrogen-bond donors (Lipinski definition) is 1. The molecule has 0 fully saturated rings. The lowest BCUT2D eigenvalue weighted by Gasteiger charge is -2.09. The van der Waals surface area contributed by atoms with E-state index in [0.29, 0.717) is 5.56 Å². The predicted molar refractivity (Wildman–Crippen MR) is 69.9 cm³/mol. The van der Waals surface area contributed by atoms with Crippen molar-refractivity contribution in [3.8, 4) is 0 Å². The van der Waals surface area contributed by atoms with Gasteiger partial charge in [-0.1, -0.05) is 18.2 Å². The number of amides is 1. The number of benzene rings is 1. The Morgan fingerprint density at radius 2 is 1.90 bits per heavy atom. The molecule has 1 N–H and O–H groups in total. The Morgan fingerprint density at radius 3 is 2.50 bits per heavy atom. The maximum absolute atomic E-state index is 13.5. The second-order valence-corrected chi connectivity index (χ2v) is 3.99. The first-order chi connectivity index (χ1) is 9.54. The molecule has 108 valence electrons. The van der Waals surface area contributed by atoms with Crippen molar-refractivity contribution in [3.63, 3.8) is 0 Å². The molecule has 0 aromatic heterocycles. The lowest BCUT2D eigenvalue weighted by molar-refractivity contribution is -0.146. The summed E-state index contributed by atoms with van der Waals surface area (Å²) in [6.07, 6.45) is -2.55. The summed E-state index contributed by atoms with van der Waals surface area (Å²) in [5.74, 6) is -2.15. The number of hydrogen-bond acceptors (Lipinski definition) is 4. The second kappa shape index (κ2) is 8.04. The summed E-state index contributed by atoms with van der Waals surface area (Å²) < 4.78 is 18.0. The zero-order valence-electron chi connectivity index (χ0n) is 11.1. The van der Waals surface area contributed by atoms with Gasteiger partial charge in [0.2, 0.25) is 0 Å². The molecule has 0 aliphatic heterocycles. The van der Waals surface area contributed by atoms with Crippen molar-refractivity contribution in [2.75, 3.05) is 13.2 Å². The van der Waals surface area contributed by atoms with Gasteiger partial charge < -0.3 is 10.1 Å². The molecular weight excluding hydrogens is 265 g/mol. The Morgan fingerprint density at radius 1 is 1.25 bits per heavy atom. The Labute approximate surface area is 116 Å². The average molecular weight is 281 g/mol. The topological polar surface area (TPSA) is 72.5 Å². The van der Waals surface area contributed by atoms with Crippen molar-refractivity contribution in [2.24, 2.45) is 0 Å². The van der Waals surface area contributed by atoms with Crippen molar-refractivity contribution in [3.05, 3.63) is 35.9 Å². The van der Waals surface area contributed by atoms with Crippen LogP contribution < -0.4 is 5.32 Å². The largest absolute Gasteiger partial charge is 0.466 e. The molecule has 0 aliphatic carbocycles. The van der Waals surface area contributed by atoms with E-state index in [2.05, 4.69) is 10.1 Å². The molecule has 1 atom stereocenters. The number of nitrogens with one attached hydrogen (secondary N) is 1. The van der Waals surface area contributed by atoms with Crippen LogP contribution in [0.1, 0.15) is 23.7 Å². The van der Waals surface area contributed by atoms with Crippen molar-refractivity contribution < 1.29 is 23.5 Å². The zero-order chi connectivity index (χ0) is 15.0. The number of ketones is 1. The van der Waals surface area contributed by atoms with Gasteiger partial charge in [-0.2, -0.15) is 0 Å². The molecule has 0 saturated carbocycles. The number of rotatable bonds is 7. The lowest BCUT2D eigenvalue weighted by Crippen LogP contribution is -2.35. The minimum atomic E-state index is -1.92. The van der Waals surface area contributed by atoms with Crippen molar-refractivity contribution in [1.82, 2.24) is 5.32 Å². The molecule has 0 aliphatic rings. The molecule has 1 rings (SSSR count). The Hall–Kier alpha value is -2.24. The monoisotopic (exact) mass is 281 g/mol. The van der Waals surface area contributed by atoms with Gasteiger partial charge in [0.25, 0.3) is 5.91 Å². The minimum absolute atomic E-state index is 0.133. The molecule has 0 saturated heterocycles. The van der Waals surface area contributed by atoms with E-state index in [1.54, 1.807) is 37.3 Å². The van der Waals surface area contributed by atoms with E-state index in [4.69, 9.17) is 0 Å².